The zero-order valence-electron chi connectivity index (χ0n) is 19.0. The lowest BCUT2D eigenvalue weighted by Gasteiger charge is -2.25. The molecule has 2 heterocycles. The van der Waals surface area contributed by atoms with Crippen LogP contribution in [0.4, 0.5) is 11.5 Å². The van der Waals surface area contributed by atoms with E-state index in [1.807, 2.05) is 24.3 Å². The molecule has 4 N–H and O–H groups in total. The van der Waals surface area contributed by atoms with E-state index >= 15 is 0 Å². The first-order chi connectivity index (χ1) is 15.9. The highest BCUT2D eigenvalue weighted by molar-refractivity contribution is 7.94. The van der Waals surface area contributed by atoms with Gasteiger partial charge in [0.15, 0.2) is 0 Å². The van der Waals surface area contributed by atoms with E-state index in [4.69, 9.17) is 5.73 Å². The second kappa shape index (κ2) is 10.7. The molecule has 8 heteroatoms. The highest BCUT2D eigenvalue weighted by atomic mass is 32.2. The minimum absolute atomic E-state index is 0.298. The molecular weight excluding hydrogens is 452 g/mol. The van der Waals surface area contributed by atoms with Crippen molar-refractivity contribution in [3.05, 3.63) is 59.6 Å². The van der Waals surface area contributed by atoms with E-state index in [0.717, 1.165) is 29.0 Å². The van der Waals surface area contributed by atoms with Crippen LogP contribution in [0, 0.1) is 5.92 Å². The van der Waals surface area contributed by atoms with Crippen molar-refractivity contribution in [3.63, 3.8) is 0 Å². The molecule has 0 aliphatic heterocycles. The van der Waals surface area contributed by atoms with E-state index in [1.165, 1.54) is 43.4 Å². The van der Waals surface area contributed by atoms with Crippen LogP contribution >= 0.6 is 11.3 Å². The normalized spacial score (nSPS) is 15.9. The molecule has 0 radical (unpaired) electrons. The lowest BCUT2D eigenvalue weighted by Crippen LogP contribution is -2.29. The molecule has 33 heavy (non-hydrogen) atoms. The SMILES string of the molecule is C[C@@H](CC1CCCCC1)NCc1ccc(-c2ccc(N)nc2)cc1NS(=O)(=O)c1cccs1. The van der Waals surface area contributed by atoms with Crippen molar-refractivity contribution in [2.45, 2.75) is 62.2 Å². The van der Waals surface area contributed by atoms with E-state index in [-0.39, 0.29) is 0 Å². The summed E-state index contributed by atoms with van der Waals surface area (Å²) in [5, 5.41) is 5.38. The van der Waals surface area contributed by atoms with Crippen LogP contribution in [-0.4, -0.2) is 19.4 Å². The number of nitrogens with zero attached hydrogens (tertiary/aromatic N) is 1. The summed E-state index contributed by atoms with van der Waals surface area (Å²) in [6.45, 7) is 2.81. The van der Waals surface area contributed by atoms with Crippen LogP contribution in [0.3, 0.4) is 0 Å². The largest absolute Gasteiger partial charge is 0.384 e. The lowest BCUT2D eigenvalue weighted by molar-refractivity contribution is 0.305. The molecule has 0 amide bonds. The number of thiophene rings is 1. The molecule has 1 aromatic carbocycles. The highest BCUT2D eigenvalue weighted by Gasteiger charge is 2.19. The zero-order chi connectivity index (χ0) is 23.3. The van der Waals surface area contributed by atoms with Crippen LogP contribution in [0.5, 0.6) is 0 Å². The number of nitrogen functional groups attached to an aromatic ring is 1. The van der Waals surface area contributed by atoms with E-state index in [1.54, 1.807) is 29.8 Å². The van der Waals surface area contributed by atoms with Gasteiger partial charge in [-0.1, -0.05) is 50.3 Å². The molecule has 1 atom stereocenters. The summed E-state index contributed by atoms with van der Waals surface area (Å²) in [6, 6.07) is 13.2. The van der Waals surface area contributed by atoms with Gasteiger partial charge in [-0.05, 0) is 60.0 Å². The fourth-order valence-corrected chi connectivity index (χ4v) is 6.57. The highest BCUT2D eigenvalue weighted by Crippen LogP contribution is 2.30. The third-order valence-corrected chi connectivity index (χ3v) is 9.05. The Morgan fingerprint density at radius 3 is 2.61 bits per heavy atom. The van der Waals surface area contributed by atoms with Gasteiger partial charge < -0.3 is 11.1 Å². The summed E-state index contributed by atoms with van der Waals surface area (Å²) >= 11 is 1.20. The molecule has 6 nitrogen and oxygen atoms in total. The topological polar surface area (TPSA) is 97.1 Å². The number of pyridine rings is 1. The van der Waals surface area contributed by atoms with Crippen molar-refractivity contribution < 1.29 is 8.42 Å². The van der Waals surface area contributed by atoms with Crippen molar-refractivity contribution in [2.75, 3.05) is 10.5 Å². The van der Waals surface area contributed by atoms with Gasteiger partial charge in [-0.3, -0.25) is 4.72 Å². The Hall–Kier alpha value is -2.42. The zero-order valence-corrected chi connectivity index (χ0v) is 20.6. The second-order valence-corrected chi connectivity index (χ2v) is 11.8. The van der Waals surface area contributed by atoms with E-state index in [2.05, 4.69) is 21.9 Å². The smallest absolute Gasteiger partial charge is 0.271 e. The molecular formula is C25H32N4O2S2. The lowest BCUT2D eigenvalue weighted by atomic mass is 9.85. The Labute approximate surface area is 200 Å². The van der Waals surface area contributed by atoms with Gasteiger partial charge in [0.25, 0.3) is 10.0 Å². The molecule has 176 valence electrons. The number of rotatable bonds is 9. The van der Waals surface area contributed by atoms with E-state index < -0.39 is 10.0 Å². The number of hydrogen-bond acceptors (Lipinski definition) is 6. The maximum Gasteiger partial charge on any atom is 0.271 e. The molecule has 2 aromatic heterocycles. The minimum atomic E-state index is -3.65. The van der Waals surface area contributed by atoms with Crippen molar-refractivity contribution in [1.29, 1.82) is 0 Å². The third-order valence-electron chi connectivity index (χ3n) is 6.29. The second-order valence-electron chi connectivity index (χ2n) is 8.90. The number of benzene rings is 1. The molecule has 1 fully saturated rings. The molecule has 1 aliphatic carbocycles. The van der Waals surface area contributed by atoms with Crippen LogP contribution in [0.15, 0.2) is 58.3 Å². The Morgan fingerprint density at radius 1 is 1.12 bits per heavy atom. The molecule has 0 spiro atoms. The first-order valence-electron chi connectivity index (χ1n) is 11.6. The first-order valence-corrected chi connectivity index (χ1v) is 13.9. The fourth-order valence-electron chi connectivity index (χ4n) is 4.48. The summed E-state index contributed by atoms with van der Waals surface area (Å²) in [7, 11) is -3.65. The average Bonchev–Trinajstić information content (AvgIpc) is 3.35. The Bertz CT molecular complexity index is 1140. The number of sulfonamides is 1. The predicted octanol–water partition coefficient (Wildman–Crippen LogP) is 5.64. The van der Waals surface area contributed by atoms with Gasteiger partial charge in [0, 0.05) is 24.3 Å². The average molecular weight is 485 g/mol. The summed E-state index contributed by atoms with van der Waals surface area (Å²) in [5.41, 5.74) is 8.98. The van der Waals surface area contributed by atoms with Gasteiger partial charge >= 0.3 is 0 Å². The Balaban J connectivity index is 1.54. The Morgan fingerprint density at radius 2 is 1.91 bits per heavy atom. The van der Waals surface area contributed by atoms with Gasteiger partial charge in [0.05, 0.1) is 5.69 Å². The molecule has 0 bridgehead atoms. The monoisotopic (exact) mass is 484 g/mol. The number of nitrogens with one attached hydrogen (secondary N) is 2. The van der Waals surface area contributed by atoms with Crippen LogP contribution in [-0.2, 0) is 16.6 Å². The quantitative estimate of drug-likeness (QED) is 0.365. The number of hydrogen-bond donors (Lipinski definition) is 3. The first kappa shape index (κ1) is 23.7. The van der Waals surface area contributed by atoms with Crippen molar-refractivity contribution in [1.82, 2.24) is 10.3 Å². The maximum absolute atomic E-state index is 13.0. The van der Waals surface area contributed by atoms with Gasteiger partial charge in [-0.15, -0.1) is 11.3 Å². The standard InChI is InChI=1S/C25H32N4O2S2/c1-18(14-19-6-3-2-4-7-19)27-17-22-10-9-20(21-11-12-24(26)28-16-21)15-23(22)29-33(30,31)25-8-5-13-32-25/h5,8-13,15-16,18-19,27,29H,2-4,6-7,14,17H2,1H3,(H2,26,28)/t18-/m0/s1. The van der Waals surface area contributed by atoms with Crippen LogP contribution in [0.1, 0.15) is 51.0 Å². The number of anilines is 2. The van der Waals surface area contributed by atoms with Crippen molar-refractivity contribution in [2.24, 2.45) is 5.92 Å². The fraction of sp³-hybridized carbons (Fsp3) is 0.400. The number of nitrogens with two attached hydrogens (primary N) is 1. The van der Waals surface area contributed by atoms with Gasteiger partial charge in [0.2, 0.25) is 0 Å². The molecule has 0 unspecified atom stereocenters. The van der Waals surface area contributed by atoms with E-state index in [0.29, 0.717) is 28.3 Å². The Kier molecular flexibility index (Phi) is 7.67. The van der Waals surface area contributed by atoms with Crippen molar-refractivity contribution >= 4 is 32.9 Å². The van der Waals surface area contributed by atoms with Crippen LogP contribution in [0.25, 0.3) is 11.1 Å². The van der Waals surface area contributed by atoms with Crippen LogP contribution in [0.2, 0.25) is 0 Å². The molecule has 3 aromatic rings. The van der Waals surface area contributed by atoms with Crippen molar-refractivity contribution in [3.8, 4) is 11.1 Å². The molecule has 4 rings (SSSR count). The summed E-state index contributed by atoms with van der Waals surface area (Å²) in [6.07, 6.45) is 9.55. The van der Waals surface area contributed by atoms with E-state index in [9.17, 15) is 8.42 Å². The van der Waals surface area contributed by atoms with Gasteiger partial charge in [0.1, 0.15) is 10.0 Å². The summed E-state index contributed by atoms with van der Waals surface area (Å²) in [5.74, 6) is 1.24. The van der Waals surface area contributed by atoms with Gasteiger partial charge in [-0.25, -0.2) is 13.4 Å². The van der Waals surface area contributed by atoms with Crippen LogP contribution < -0.4 is 15.8 Å². The minimum Gasteiger partial charge on any atom is -0.384 e. The molecule has 1 saturated carbocycles. The number of aromatic nitrogens is 1. The third kappa shape index (κ3) is 6.34. The molecule has 1 aliphatic rings. The van der Waals surface area contributed by atoms with Gasteiger partial charge in [-0.2, -0.15) is 0 Å². The summed E-state index contributed by atoms with van der Waals surface area (Å²) in [4.78, 5) is 4.17. The summed E-state index contributed by atoms with van der Waals surface area (Å²) < 4.78 is 29.0. The molecule has 0 saturated heterocycles. The predicted molar refractivity (Wildman–Crippen MR) is 137 cm³/mol. The maximum atomic E-state index is 13.0.